The fourth-order valence-electron chi connectivity index (χ4n) is 3.23. The van der Waals surface area contributed by atoms with E-state index >= 15 is 0 Å². The van der Waals surface area contributed by atoms with Crippen molar-refractivity contribution < 1.29 is 18.7 Å². The normalized spacial score (nSPS) is 11.3. The second kappa shape index (κ2) is 11.1. The van der Waals surface area contributed by atoms with Crippen molar-refractivity contribution in [3.63, 3.8) is 0 Å². The van der Waals surface area contributed by atoms with Crippen molar-refractivity contribution in [2.24, 2.45) is 0 Å². The highest BCUT2D eigenvalue weighted by Gasteiger charge is 2.31. The molecule has 1 aromatic heterocycles. The predicted octanol–water partition coefficient (Wildman–Crippen LogP) is 6.30. The summed E-state index contributed by atoms with van der Waals surface area (Å²) in [5.74, 6) is 1.76. The predicted molar refractivity (Wildman–Crippen MR) is 127 cm³/mol. The summed E-state index contributed by atoms with van der Waals surface area (Å²) in [4.78, 5) is 4.38. The number of aromatic nitrogens is 2. The van der Waals surface area contributed by atoms with Crippen LogP contribution in [0, 0.1) is 0 Å². The van der Waals surface area contributed by atoms with Crippen LogP contribution in [0.4, 0.5) is 0 Å². The number of nitrogens with zero attached hydrogens (tertiary/aromatic N) is 2. The lowest BCUT2D eigenvalue weighted by atomic mass is 9.90. The first-order valence-corrected chi connectivity index (χ1v) is 10.9. The molecule has 0 amide bonds. The van der Waals surface area contributed by atoms with Crippen LogP contribution >= 0.6 is 34.8 Å². The lowest BCUT2D eigenvalue weighted by molar-refractivity contribution is 0.196. The lowest BCUT2D eigenvalue weighted by Crippen LogP contribution is -2.02. The Morgan fingerprint density at radius 3 is 1.81 bits per heavy atom. The van der Waals surface area contributed by atoms with Crippen molar-refractivity contribution in [3.8, 4) is 11.5 Å². The number of benzene rings is 2. The molecule has 0 spiro atoms. The van der Waals surface area contributed by atoms with Gasteiger partial charge in [0.25, 0.3) is 9.68 Å². The van der Waals surface area contributed by atoms with E-state index in [4.69, 9.17) is 53.5 Å². The number of hydrogen-bond acceptors (Lipinski definition) is 6. The minimum atomic E-state index is -1.82. The summed E-state index contributed by atoms with van der Waals surface area (Å²) in [6, 6.07) is 15.5. The van der Waals surface area contributed by atoms with Gasteiger partial charge in [0, 0.05) is 19.3 Å². The van der Waals surface area contributed by atoms with Gasteiger partial charge in [0.2, 0.25) is 0 Å². The van der Waals surface area contributed by atoms with Gasteiger partial charge in [-0.2, -0.15) is 4.98 Å². The fraction of sp³-hybridized carbons (Fsp3) is 0.304. The van der Waals surface area contributed by atoms with E-state index in [0.717, 1.165) is 40.2 Å². The number of halogens is 3. The van der Waals surface area contributed by atoms with Crippen molar-refractivity contribution in [3.05, 3.63) is 71.4 Å². The van der Waals surface area contributed by atoms with E-state index in [1.54, 1.807) is 21.3 Å². The molecule has 9 heteroatoms. The minimum Gasteiger partial charge on any atom is -0.497 e. The summed E-state index contributed by atoms with van der Waals surface area (Å²) in [7, 11) is 4.92. The van der Waals surface area contributed by atoms with Crippen LogP contribution in [-0.4, -0.2) is 38.1 Å². The third kappa shape index (κ3) is 5.95. The van der Waals surface area contributed by atoms with Crippen molar-refractivity contribution in [2.45, 2.75) is 16.6 Å². The Morgan fingerprint density at radius 2 is 1.41 bits per heavy atom. The maximum Gasteiger partial charge on any atom is 0.279 e. The van der Waals surface area contributed by atoms with Gasteiger partial charge in [0.1, 0.15) is 11.5 Å². The van der Waals surface area contributed by atoms with E-state index in [0.29, 0.717) is 18.9 Å². The van der Waals surface area contributed by atoms with Crippen molar-refractivity contribution in [1.82, 2.24) is 10.1 Å². The van der Waals surface area contributed by atoms with E-state index in [1.807, 2.05) is 48.5 Å². The first-order chi connectivity index (χ1) is 15.4. The van der Waals surface area contributed by atoms with Gasteiger partial charge in [0.05, 0.1) is 14.2 Å². The summed E-state index contributed by atoms with van der Waals surface area (Å²) in [6.07, 6.45) is 1.35. The number of ether oxygens (including phenoxy) is 3. The summed E-state index contributed by atoms with van der Waals surface area (Å²) in [6.45, 7) is 0.567. The monoisotopic (exact) mass is 496 g/mol. The molecular formula is C23H23Cl3N2O4. The molecule has 32 heavy (non-hydrogen) atoms. The summed E-state index contributed by atoms with van der Waals surface area (Å²) < 4.78 is 19.3. The standard InChI is InChI=1S/C23H23Cl3N2O4/c1-29-14-4-5-19(21-27-22(32-28-21)23(24,25)26)20(15-6-10-17(30-2)11-7-15)16-8-12-18(31-3)13-9-16/h6-13H,4-5,14H2,1-3H3. The SMILES string of the molecule is COCCCC(=C(c1ccc(OC)cc1)c1ccc(OC)cc1)c1noc(C(Cl)(Cl)Cl)n1. The number of hydrogen-bond donors (Lipinski definition) is 0. The Bertz CT molecular complexity index is 993. The van der Waals surface area contributed by atoms with Crippen LogP contribution in [0.15, 0.2) is 53.1 Å². The van der Waals surface area contributed by atoms with Crippen LogP contribution in [0.25, 0.3) is 11.1 Å². The van der Waals surface area contributed by atoms with Crippen LogP contribution in [0.3, 0.4) is 0 Å². The zero-order valence-electron chi connectivity index (χ0n) is 17.9. The Kier molecular flexibility index (Phi) is 8.43. The topological polar surface area (TPSA) is 66.6 Å². The molecule has 0 radical (unpaired) electrons. The van der Waals surface area contributed by atoms with Crippen LogP contribution in [-0.2, 0) is 8.53 Å². The summed E-state index contributed by atoms with van der Waals surface area (Å²) >= 11 is 17.9. The van der Waals surface area contributed by atoms with Gasteiger partial charge in [-0.05, 0) is 53.8 Å². The smallest absolute Gasteiger partial charge is 0.279 e. The van der Waals surface area contributed by atoms with Gasteiger partial charge in [0.15, 0.2) is 5.82 Å². The average Bonchev–Trinajstić information content (AvgIpc) is 3.30. The molecule has 0 atom stereocenters. The van der Waals surface area contributed by atoms with E-state index in [2.05, 4.69) is 10.1 Å². The molecule has 0 aliphatic heterocycles. The van der Waals surface area contributed by atoms with Gasteiger partial charge >= 0.3 is 0 Å². The zero-order chi connectivity index (χ0) is 23.1. The van der Waals surface area contributed by atoms with Gasteiger partial charge < -0.3 is 18.7 Å². The lowest BCUT2D eigenvalue weighted by Gasteiger charge is -2.16. The largest absolute Gasteiger partial charge is 0.497 e. The maximum atomic E-state index is 5.95. The van der Waals surface area contributed by atoms with Crippen LogP contribution in [0.5, 0.6) is 11.5 Å². The van der Waals surface area contributed by atoms with Crippen molar-refractivity contribution in [2.75, 3.05) is 27.9 Å². The molecule has 6 nitrogen and oxygen atoms in total. The van der Waals surface area contributed by atoms with Gasteiger partial charge in [-0.15, -0.1) is 0 Å². The van der Waals surface area contributed by atoms with Gasteiger partial charge in [-0.1, -0.05) is 64.2 Å². The molecule has 0 fully saturated rings. The molecule has 0 unspecified atom stereocenters. The van der Waals surface area contributed by atoms with Crippen LogP contribution < -0.4 is 9.47 Å². The van der Waals surface area contributed by atoms with E-state index in [-0.39, 0.29) is 5.89 Å². The number of rotatable bonds is 9. The maximum absolute atomic E-state index is 5.95. The second-order valence-corrected chi connectivity index (χ2v) is 9.11. The van der Waals surface area contributed by atoms with Crippen LogP contribution in [0.2, 0.25) is 0 Å². The minimum absolute atomic E-state index is 0.0921. The summed E-state index contributed by atoms with van der Waals surface area (Å²) in [5.41, 5.74) is 3.65. The van der Waals surface area contributed by atoms with E-state index in [9.17, 15) is 0 Å². The average molecular weight is 498 g/mol. The van der Waals surface area contributed by atoms with Crippen molar-refractivity contribution >= 4 is 45.9 Å². The summed E-state index contributed by atoms with van der Waals surface area (Å²) in [5, 5.41) is 4.11. The number of allylic oxidation sites excluding steroid dienone is 1. The molecule has 0 saturated heterocycles. The first kappa shape index (κ1) is 24.4. The quantitative estimate of drug-likeness (QED) is 0.255. The Hall–Kier alpha value is -2.25. The second-order valence-electron chi connectivity index (χ2n) is 6.83. The molecule has 170 valence electrons. The van der Waals surface area contributed by atoms with Crippen LogP contribution in [0.1, 0.15) is 35.7 Å². The van der Waals surface area contributed by atoms with E-state index in [1.165, 1.54) is 0 Å². The molecular weight excluding hydrogens is 475 g/mol. The first-order valence-electron chi connectivity index (χ1n) is 9.79. The molecule has 0 aliphatic rings. The number of alkyl halides is 3. The molecule has 0 aliphatic carbocycles. The Balaban J connectivity index is 2.22. The Labute approximate surface area is 202 Å². The molecule has 0 bridgehead atoms. The number of methoxy groups -OCH3 is 3. The third-order valence-corrected chi connectivity index (χ3v) is 5.26. The van der Waals surface area contributed by atoms with Gasteiger partial charge in [-0.3, -0.25) is 0 Å². The zero-order valence-corrected chi connectivity index (χ0v) is 20.2. The molecule has 3 aromatic rings. The highest BCUT2D eigenvalue weighted by molar-refractivity contribution is 6.66. The van der Waals surface area contributed by atoms with Crippen molar-refractivity contribution in [1.29, 1.82) is 0 Å². The fourth-order valence-corrected chi connectivity index (χ4v) is 3.46. The molecule has 0 N–H and O–H groups in total. The van der Waals surface area contributed by atoms with Gasteiger partial charge in [-0.25, -0.2) is 0 Å². The Morgan fingerprint density at radius 1 is 0.875 bits per heavy atom. The highest BCUT2D eigenvalue weighted by Crippen LogP contribution is 2.39. The molecule has 2 aromatic carbocycles. The molecule has 0 saturated carbocycles. The van der Waals surface area contributed by atoms with E-state index < -0.39 is 3.79 Å². The molecule has 1 heterocycles. The third-order valence-electron chi connectivity index (χ3n) is 4.77. The molecule has 3 rings (SSSR count). The highest BCUT2D eigenvalue weighted by atomic mass is 35.6.